The molecule has 0 spiro atoms. The van der Waals surface area contributed by atoms with Gasteiger partial charge in [-0.1, -0.05) is 24.3 Å². The van der Waals surface area contributed by atoms with E-state index in [1.807, 2.05) is 11.3 Å². The molecule has 1 aromatic heterocycles. The third-order valence-corrected chi connectivity index (χ3v) is 4.35. The van der Waals surface area contributed by atoms with E-state index in [4.69, 9.17) is 5.84 Å². The van der Waals surface area contributed by atoms with Crippen molar-refractivity contribution in [3.63, 3.8) is 0 Å². The number of rotatable bonds is 3. The van der Waals surface area contributed by atoms with Gasteiger partial charge in [-0.05, 0) is 43.5 Å². The van der Waals surface area contributed by atoms with Crippen molar-refractivity contribution in [1.29, 1.82) is 0 Å². The van der Waals surface area contributed by atoms with Crippen LogP contribution < -0.4 is 11.3 Å². The maximum Gasteiger partial charge on any atom is 0.0805 e. The summed E-state index contributed by atoms with van der Waals surface area (Å²) >= 11 is 1.81. The highest BCUT2D eigenvalue weighted by molar-refractivity contribution is 7.12. The fourth-order valence-electron chi connectivity index (χ4n) is 1.98. The van der Waals surface area contributed by atoms with Gasteiger partial charge in [-0.15, -0.1) is 11.3 Å². The van der Waals surface area contributed by atoms with Gasteiger partial charge in [0.15, 0.2) is 0 Å². The smallest absolute Gasteiger partial charge is 0.0805 e. The Morgan fingerprint density at radius 2 is 1.82 bits per heavy atom. The van der Waals surface area contributed by atoms with E-state index in [-0.39, 0.29) is 6.04 Å². The topological polar surface area (TPSA) is 38.0 Å². The van der Waals surface area contributed by atoms with Gasteiger partial charge in [0, 0.05) is 9.75 Å². The summed E-state index contributed by atoms with van der Waals surface area (Å²) in [5.41, 5.74) is 6.77. The average Bonchev–Trinajstić information content (AvgIpc) is 2.63. The van der Waals surface area contributed by atoms with Crippen LogP contribution in [0.4, 0.5) is 0 Å². The number of hydrogen-bond acceptors (Lipinski definition) is 3. The van der Waals surface area contributed by atoms with Crippen LogP contribution in [0.25, 0.3) is 0 Å². The van der Waals surface area contributed by atoms with Crippen molar-refractivity contribution >= 4 is 11.3 Å². The predicted molar refractivity (Wildman–Crippen MR) is 74.1 cm³/mol. The molecular formula is C14H18N2S. The fourth-order valence-corrected chi connectivity index (χ4v) is 3.10. The van der Waals surface area contributed by atoms with Gasteiger partial charge in [0.05, 0.1) is 6.04 Å². The molecule has 1 atom stereocenters. The first-order chi connectivity index (χ1) is 8.13. The summed E-state index contributed by atoms with van der Waals surface area (Å²) in [4.78, 5) is 2.63. The third-order valence-electron chi connectivity index (χ3n) is 3.14. The summed E-state index contributed by atoms with van der Waals surface area (Å²) in [6.07, 6.45) is 0. The molecule has 0 saturated carbocycles. The molecule has 0 saturated heterocycles. The van der Waals surface area contributed by atoms with Gasteiger partial charge in [0.2, 0.25) is 0 Å². The Labute approximate surface area is 106 Å². The van der Waals surface area contributed by atoms with Crippen molar-refractivity contribution in [1.82, 2.24) is 5.43 Å². The lowest BCUT2D eigenvalue weighted by atomic mass is 10.0. The van der Waals surface area contributed by atoms with E-state index in [1.54, 1.807) is 0 Å². The van der Waals surface area contributed by atoms with Crippen LogP contribution in [0.5, 0.6) is 0 Å². The lowest BCUT2D eigenvalue weighted by Crippen LogP contribution is -2.28. The highest BCUT2D eigenvalue weighted by Gasteiger charge is 2.16. The second-order valence-electron chi connectivity index (χ2n) is 4.34. The van der Waals surface area contributed by atoms with E-state index in [2.05, 4.69) is 56.5 Å². The molecule has 0 amide bonds. The predicted octanol–water partition coefficient (Wildman–Crippen LogP) is 3.23. The largest absolute Gasteiger partial charge is 0.271 e. The highest BCUT2D eigenvalue weighted by Crippen LogP contribution is 2.31. The minimum absolute atomic E-state index is 0.0913. The van der Waals surface area contributed by atoms with Crippen LogP contribution in [0, 0.1) is 20.8 Å². The summed E-state index contributed by atoms with van der Waals surface area (Å²) in [6.45, 7) is 6.41. The van der Waals surface area contributed by atoms with Crippen molar-refractivity contribution in [3.8, 4) is 0 Å². The van der Waals surface area contributed by atoms with Crippen LogP contribution in [-0.2, 0) is 0 Å². The summed E-state index contributed by atoms with van der Waals surface area (Å²) in [7, 11) is 0. The Balaban J connectivity index is 2.44. The van der Waals surface area contributed by atoms with E-state index >= 15 is 0 Å². The highest BCUT2D eigenvalue weighted by atomic mass is 32.1. The number of hydrogen-bond donors (Lipinski definition) is 2. The lowest BCUT2D eigenvalue weighted by Gasteiger charge is -2.17. The van der Waals surface area contributed by atoms with E-state index < -0.39 is 0 Å². The average molecular weight is 246 g/mol. The summed E-state index contributed by atoms with van der Waals surface area (Å²) in [5, 5.41) is 0. The summed E-state index contributed by atoms with van der Waals surface area (Å²) < 4.78 is 0. The van der Waals surface area contributed by atoms with E-state index in [0.717, 1.165) is 0 Å². The van der Waals surface area contributed by atoms with Gasteiger partial charge in [0.1, 0.15) is 0 Å². The molecule has 1 heterocycles. The van der Waals surface area contributed by atoms with Crippen LogP contribution in [0.1, 0.15) is 32.5 Å². The van der Waals surface area contributed by atoms with Crippen molar-refractivity contribution in [2.75, 3.05) is 0 Å². The number of thiophene rings is 1. The number of nitrogens with one attached hydrogen (secondary N) is 1. The van der Waals surface area contributed by atoms with Gasteiger partial charge < -0.3 is 0 Å². The Morgan fingerprint density at radius 1 is 1.12 bits per heavy atom. The second kappa shape index (κ2) is 5.00. The Kier molecular flexibility index (Phi) is 3.62. The van der Waals surface area contributed by atoms with Crippen LogP contribution >= 0.6 is 11.3 Å². The summed E-state index contributed by atoms with van der Waals surface area (Å²) in [5.74, 6) is 5.72. The molecule has 2 rings (SSSR count). The molecule has 0 fully saturated rings. The molecule has 1 unspecified atom stereocenters. The Morgan fingerprint density at radius 3 is 2.35 bits per heavy atom. The molecule has 3 N–H and O–H groups in total. The fraction of sp³-hybridized carbons (Fsp3) is 0.286. The first-order valence-corrected chi connectivity index (χ1v) is 6.53. The van der Waals surface area contributed by atoms with Crippen molar-refractivity contribution in [2.45, 2.75) is 26.8 Å². The van der Waals surface area contributed by atoms with Crippen molar-refractivity contribution < 1.29 is 0 Å². The first-order valence-electron chi connectivity index (χ1n) is 5.72. The second-order valence-corrected chi connectivity index (χ2v) is 5.63. The van der Waals surface area contributed by atoms with Gasteiger partial charge in [0.25, 0.3) is 0 Å². The van der Waals surface area contributed by atoms with Crippen molar-refractivity contribution in [2.24, 2.45) is 5.84 Å². The Bertz CT molecular complexity index is 497. The number of benzene rings is 1. The zero-order valence-electron chi connectivity index (χ0n) is 10.4. The minimum Gasteiger partial charge on any atom is -0.271 e. The quantitative estimate of drug-likeness (QED) is 0.644. The molecule has 3 heteroatoms. The third kappa shape index (κ3) is 2.41. The molecule has 1 aromatic carbocycles. The molecule has 0 bridgehead atoms. The van der Waals surface area contributed by atoms with E-state index in [9.17, 15) is 0 Å². The van der Waals surface area contributed by atoms with Crippen LogP contribution in [0.2, 0.25) is 0 Å². The van der Waals surface area contributed by atoms with Gasteiger partial charge in [-0.2, -0.15) is 0 Å². The lowest BCUT2D eigenvalue weighted by molar-refractivity contribution is 0.643. The van der Waals surface area contributed by atoms with Gasteiger partial charge >= 0.3 is 0 Å². The van der Waals surface area contributed by atoms with Gasteiger partial charge in [-0.3, -0.25) is 5.84 Å². The van der Waals surface area contributed by atoms with Crippen LogP contribution in [-0.4, -0.2) is 0 Å². The molecule has 0 aliphatic heterocycles. The minimum atomic E-state index is 0.0913. The van der Waals surface area contributed by atoms with E-state index in [0.29, 0.717) is 0 Å². The van der Waals surface area contributed by atoms with Crippen LogP contribution in [0.15, 0.2) is 30.3 Å². The number of nitrogens with two attached hydrogens (primary N) is 1. The first kappa shape index (κ1) is 12.3. The molecule has 90 valence electrons. The maximum atomic E-state index is 5.72. The SMILES string of the molecule is Cc1ccccc1C(NN)c1cc(C)c(C)s1. The monoisotopic (exact) mass is 246 g/mol. The maximum absolute atomic E-state index is 5.72. The van der Waals surface area contributed by atoms with Crippen LogP contribution in [0.3, 0.4) is 0 Å². The van der Waals surface area contributed by atoms with E-state index in [1.165, 1.54) is 26.4 Å². The Hall–Kier alpha value is -1.16. The molecule has 17 heavy (non-hydrogen) atoms. The van der Waals surface area contributed by atoms with Gasteiger partial charge in [-0.25, -0.2) is 5.43 Å². The molecular weight excluding hydrogens is 228 g/mol. The number of hydrazine groups is 1. The molecule has 0 aliphatic rings. The normalized spacial score (nSPS) is 12.7. The molecule has 2 aromatic rings. The van der Waals surface area contributed by atoms with Crippen molar-refractivity contribution in [3.05, 3.63) is 56.8 Å². The number of aryl methyl sites for hydroxylation is 3. The molecule has 0 aliphatic carbocycles. The zero-order valence-corrected chi connectivity index (χ0v) is 11.3. The zero-order chi connectivity index (χ0) is 12.4. The summed E-state index contributed by atoms with van der Waals surface area (Å²) in [6, 6.07) is 10.7. The standard InChI is InChI=1S/C14H18N2S/c1-9-6-4-5-7-12(9)14(16-15)13-8-10(2)11(3)17-13/h4-8,14,16H,15H2,1-3H3. The molecule has 0 radical (unpaired) electrons. The molecule has 2 nitrogen and oxygen atoms in total.